The van der Waals surface area contributed by atoms with Crippen LogP contribution in [0.5, 0.6) is 11.5 Å². The molecule has 138 valence electrons. The number of methoxy groups -OCH3 is 2. The number of hydrogen-bond acceptors (Lipinski definition) is 3. The molecule has 2 aromatic carbocycles. The third kappa shape index (κ3) is 4.36. The minimum Gasteiger partial charge on any atom is -0.497 e. The Kier molecular flexibility index (Phi) is 5.56. The first-order valence-electron chi connectivity index (χ1n) is 8.24. The summed E-state index contributed by atoms with van der Waals surface area (Å²) < 4.78 is 26.3. The lowest BCUT2D eigenvalue weighted by molar-refractivity contribution is -0.111. The topological polar surface area (TPSA) is 52.5 Å². The minimum atomic E-state index is -0.508. The number of anilines is 1. The van der Waals surface area contributed by atoms with Gasteiger partial charge in [0.15, 0.2) is 0 Å². The standard InChI is InChI=1S/C21H19FN2O3/c1-26-17-7-9-20(27-2)15(13-17)5-10-21(25)23-19-14-16(6-8-18(19)22)24-11-3-4-12-24/h3-14H,1-2H3,(H,23,25)/b10-5+. The smallest absolute Gasteiger partial charge is 0.248 e. The normalized spacial score (nSPS) is 10.8. The molecular formula is C21H19FN2O3. The van der Waals surface area contributed by atoms with Crippen molar-refractivity contribution >= 4 is 17.7 Å². The second-order valence-corrected chi connectivity index (χ2v) is 5.68. The number of amides is 1. The van der Waals surface area contributed by atoms with Crippen LogP contribution in [0.4, 0.5) is 10.1 Å². The summed E-state index contributed by atoms with van der Waals surface area (Å²) in [5.74, 6) is 0.275. The Morgan fingerprint density at radius 3 is 2.56 bits per heavy atom. The Bertz CT molecular complexity index is 966. The first-order chi connectivity index (χ1) is 13.1. The maximum atomic E-state index is 14.1. The van der Waals surface area contributed by atoms with Gasteiger partial charge in [0.25, 0.3) is 0 Å². The Balaban J connectivity index is 1.78. The second-order valence-electron chi connectivity index (χ2n) is 5.68. The molecular weight excluding hydrogens is 347 g/mol. The highest BCUT2D eigenvalue weighted by Crippen LogP contribution is 2.25. The Labute approximate surface area is 156 Å². The third-order valence-electron chi connectivity index (χ3n) is 3.96. The molecule has 0 atom stereocenters. The molecule has 0 aliphatic heterocycles. The number of carbonyl (C=O) groups is 1. The van der Waals surface area contributed by atoms with Crippen LogP contribution in [0, 0.1) is 5.82 Å². The first-order valence-corrected chi connectivity index (χ1v) is 8.24. The fourth-order valence-corrected chi connectivity index (χ4v) is 2.59. The van der Waals surface area contributed by atoms with Gasteiger partial charge in [-0.05, 0) is 54.6 Å². The van der Waals surface area contributed by atoms with Crippen molar-refractivity contribution in [1.82, 2.24) is 4.57 Å². The summed E-state index contributed by atoms with van der Waals surface area (Å²) >= 11 is 0. The van der Waals surface area contributed by atoms with E-state index in [2.05, 4.69) is 5.32 Å². The molecule has 0 saturated heterocycles. The molecule has 0 aliphatic rings. The quantitative estimate of drug-likeness (QED) is 0.663. The van der Waals surface area contributed by atoms with Crippen molar-refractivity contribution in [3.8, 4) is 17.2 Å². The van der Waals surface area contributed by atoms with Gasteiger partial charge in [-0.2, -0.15) is 0 Å². The van der Waals surface area contributed by atoms with Crippen LogP contribution in [0.15, 0.2) is 67.0 Å². The van der Waals surface area contributed by atoms with Crippen molar-refractivity contribution in [3.63, 3.8) is 0 Å². The van der Waals surface area contributed by atoms with Crippen LogP contribution in [-0.4, -0.2) is 24.7 Å². The van der Waals surface area contributed by atoms with Crippen molar-refractivity contribution in [2.75, 3.05) is 19.5 Å². The van der Waals surface area contributed by atoms with E-state index in [1.165, 1.54) is 12.1 Å². The zero-order chi connectivity index (χ0) is 19.2. The maximum absolute atomic E-state index is 14.1. The van der Waals surface area contributed by atoms with Gasteiger partial charge in [0.2, 0.25) is 5.91 Å². The average molecular weight is 366 g/mol. The van der Waals surface area contributed by atoms with Gasteiger partial charge < -0.3 is 19.4 Å². The zero-order valence-corrected chi connectivity index (χ0v) is 15.0. The molecule has 1 N–H and O–H groups in total. The van der Waals surface area contributed by atoms with Gasteiger partial charge in [0.05, 0.1) is 19.9 Å². The number of carbonyl (C=O) groups excluding carboxylic acids is 1. The van der Waals surface area contributed by atoms with Gasteiger partial charge in [-0.3, -0.25) is 4.79 Å². The molecule has 0 aliphatic carbocycles. The van der Waals surface area contributed by atoms with Crippen LogP contribution < -0.4 is 14.8 Å². The molecule has 0 unspecified atom stereocenters. The van der Waals surface area contributed by atoms with E-state index in [0.717, 1.165) is 5.69 Å². The molecule has 27 heavy (non-hydrogen) atoms. The number of benzene rings is 2. The van der Waals surface area contributed by atoms with E-state index in [1.807, 2.05) is 29.1 Å². The van der Waals surface area contributed by atoms with Gasteiger partial charge in [-0.25, -0.2) is 4.39 Å². The van der Waals surface area contributed by atoms with Crippen molar-refractivity contribution in [2.45, 2.75) is 0 Å². The molecule has 0 radical (unpaired) electrons. The first kappa shape index (κ1) is 18.3. The predicted molar refractivity (Wildman–Crippen MR) is 103 cm³/mol. The second kappa shape index (κ2) is 8.23. The molecule has 0 saturated carbocycles. The lowest BCUT2D eigenvalue weighted by atomic mass is 10.1. The van der Waals surface area contributed by atoms with Gasteiger partial charge >= 0.3 is 0 Å². The summed E-state index contributed by atoms with van der Waals surface area (Å²) in [7, 11) is 3.10. The molecule has 3 aromatic rings. The van der Waals surface area contributed by atoms with Crippen LogP contribution in [0.1, 0.15) is 5.56 Å². The number of halogens is 1. The maximum Gasteiger partial charge on any atom is 0.248 e. The van der Waals surface area contributed by atoms with E-state index in [0.29, 0.717) is 17.1 Å². The van der Waals surface area contributed by atoms with Gasteiger partial charge in [-0.15, -0.1) is 0 Å². The molecule has 1 amide bonds. The number of nitrogens with zero attached hydrogens (tertiary/aromatic N) is 1. The Hall–Kier alpha value is -3.54. The molecule has 0 bridgehead atoms. The minimum absolute atomic E-state index is 0.105. The molecule has 0 spiro atoms. The van der Waals surface area contributed by atoms with E-state index in [9.17, 15) is 9.18 Å². The highest BCUT2D eigenvalue weighted by molar-refractivity contribution is 6.02. The lowest BCUT2D eigenvalue weighted by Gasteiger charge is -2.09. The van der Waals surface area contributed by atoms with E-state index in [-0.39, 0.29) is 5.69 Å². The van der Waals surface area contributed by atoms with Crippen LogP contribution in [0.25, 0.3) is 11.8 Å². The number of ether oxygens (including phenoxy) is 2. The van der Waals surface area contributed by atoms with Gasteiger partial charge in [0, 0.05) is 29.7 Å². The largest absolute Gasteiger partial charge is 0.497 e. The van der Waals surface area contributed by atoms with Crippen molar-refractivity contribution < 1.29 is 18.7 Å². The molecule has 1 heterocycles. The fraction of sp³-hybridized carbons (Fsp3) is 0.0952. The monoisotopic (exact) mass is 366 g/mol. The highest BCUT2D eigenvalue weighted by Gasteiger charge is 2.08. The predicted octanol–water partition coefficient (Wildman–Crippen LogP) is 4.29. The summed E-state index contributed by atoms with van der Waals surface area (Å²) in [6, 6.07) is 13.5. The summed E-state index contributed by atoms with van der Waals surface area (Å²) in [6.07, 6.45) is 6.59. The van der Waals surface area contributed by atoms with Crippen LogP contribution in [0.3, 0.4) is 0 Å². The number of aromatic nitrogens is 1. The number of rotatable bonds is 6. The van der Waals surface area contributed by atoms with Crippen LogP contribution in [-0.2, 0) is 4.79 Å². The van der Waals surface area contributed by atoms with Crippen LogP contribution in [0.2, 0.25) is 0 Å². The van der Waals surface area contributed by atoms with Crippen LogP contribution >= 0.6 is 0 Å². The summed E-state index contributed by atoms with van der Waals surface area (Å²) in [5.41, 5.74) is 1.53. The van der Waals surface area contributed by atoms with E-state index in [1.54, 1.807) is 50.6 Å². The lowest BCUT2D eigenvalue weighted by Crippen LogP contribution is -2.10. The molecule has 6 heteroatoms. The summed E-state index contributed by atoms with van der Waals surface area (Å²) in [4.78, 5) is 12.2. The molecule has 5 nitrogen and oxygen atoms in total. The molecule has 3 rings (SSSR count). The van der Waals surface area contributed by atoms with Crippen molar-refractivity contribution in [2.24, 2.45) is 0 Å². The van der Waals surface area contributed by atoms with E-state index >= 15 is 0 Å². The SMILES string of the molecule is COc1ccc(OC)c(/C=C/C(=O)Nc2cc(-n3cccc3)ccc2F)c1. The number of hydrogen-bond donors (Lipinski definition) is 1. The van der Waals surface area contributed by atoms with Crippen molar-refractivity contribution in [3.05, 3.63) is 78.4 Å². The van der Waals surface area contributed by atoms with E-state index in [4.69, 9.17) is 9.47 Å². The highest BCUT2D eigenvalue weighted by atomic mass is 19.1. The van der Waals surface area contributed by atoms with Crippen molar-refractivity contribution in [1.29, 1.82) is 0 Å². The van der Waals surface area contributed by atoms with E-state index < -0.39 is 11.7 Å². The third-order valence-corrected chi connectivity index (χ3v) is 3.96. The Morgan fingerprint density at radius 2 is 1.85 bits per heavy atom. The van der Waals surface area contributed by atoms with Gasteiger partial charge in [-0.1, -0.05) is 0 Å². The number of nitrogens with one attached hydrogen (secondary N) is 1. The summed E-state index contributed by atoms with van der Waals surface area (Å²) in [5, 5.41) is 2.56. The fourth-order valence-electron chi connectivity index (χ4n) is 2.59. The average Bonchev–Trinajstić information content (AvgIpc) is 3.22. The Morgan fingerprint density at radius 1 is 1.07 bits per heavy atom. The molecule has 0 fully saturated rings. The zero-order valence-electron chi connectivity index (χ0n) is 15.0. The van der Waals surface area contributed by atoms with Gasteiger partial charge in [0.1, 0.15) is 17.3 Å². The summed E-state index contributed by atoms with van der Waals surface area (Å²) in [6.45, 7) is 0. The molecule has 1 aromatic heterocycles.